The van der Waals surface area contributed by atoms with Crippen LogP contribution in [0, 0.1) is 0 Å². The van der Waals surface area contributed by atoms with Gasteiger partial charge in [0.05, 0.1) is 24.9 Å². The summed E-state index contributed by atoms with van der Waals surface area (Å²) in [5.41, 5.74) is 0. The summed E-state index contributed by atoms with van der Waals surface area (Å²) >= 11 is 0. The molecule has 2 heterocycles. The van der Waals surface area contributed by atoms with Gasteiger partial charge in [0.25, 0.3) is 8.32 Å². The van der Waals surface area contributed by atoms with E-state index in [0.717, 1.165) is 6.29 Å². The zero-order chi connectivity index (χ0) is 24.4. The van der Waals surface area contributed by atoms with Gasteiger partial charge in [-0.2, -0.15) is 0 Å². The number of carbonyl (C=O) groups is 1. The van der Waals surface area contributed by atoms with Gasteiger partial charge in [0.1, 0.15) is 12.4 Å². The third-order valence-electron chi connectivity index (χ3n) is 6.95. The number of benzene rings is 2. The van der Waals surface area contributed by atoms with Crippen molar-refractivity contribution in [3.63, 3.8) is 0 Å². The SMILES string of the molecule is CC1(C)OC[C@@H]([C@H]2C[C@@H](O[Si](c3ccccc3)(c3ccccc3)C(C)(C)C)C[C@@H](CC=O)O2)O1. The van der Waals surface area contributed by atoms with Crippen molar-refractivity contribution in [2.45, 2.75) is 89.1 Å². The smallest absolute Gasteiger partial charge is 0.261 e. The number of hydrogen-bond donors (Lipinski definition) is 0. The van der Waals surface area contributed by atoms with Crippen LogP contribution in [0.3, 0.4) is 0 Å². The van der Waals surface area contributed by atoms with Crippen LogP contribution in [-0.4, -0.2) is 51.4 Å². The molecule has 5 nitrogen and oxygen atoms in total. The predicted molar refractivity (Wildman–Crippen MR) is 136 cm³/mol. The van der Waals surface area contributed by atoms with Gasteiger partial charge in [-0.3, -0.25) is 0 Å². The minimum Gasteiger partial charge on any atom is -0.404 e. The Balaban J connectivity index is 1.72. The molecule has 2 aromatic carbocycles. The molecule has 6 heteroatoms. The van der Waals surface area contributed by atoms with Gasteiger partial charge in [-0.15, -0.1) is 0 Å². The summed E-state index contributed by atoms with van der Waals surface area (Å²) in [6, 6.07) is 21.3. The maximum atomic E-state index is 11.4. The molecule has 0 aromatic heterocycles. The van der Waals surface area contributed by atoms with E-state index in [0.29, 0.717) is 25.9 Å². The van der Waals surface area contributed by atoms with Crippen LogP contribution in [0.15, 0.2) is 60.7 Å². The molecule has 0 saturated carbocycles. The predicted octanol–water partition coefficient (Wildman–Crippen LogP) is 4.22. The monoisotopic (exact) mass is 482 g/mol. The lowest BCUT2D eigenvalue weighted by molar-refractivity contribution is -0.180. The lowest BCUT2D eigenvalue weighted by Crippen LogP contribution is -2.68. The fraction of sp³-hybridized carbons (Fsp3) is 0.536. The minimum atomic E-state index is -2.70. The van der Waals surface area contributed by atoms with Crippen LogP contribution in [0.4, 0.5) is 0 Å². The Morgan fingerprint density at radius 1 is 0.971 bits per heavy atom. The Morgan fingerprint density at radius 2 is 1.56 bits per heavy atom. The molecule has 0 N–H and O–H groups in total. The maximum Gasteiger partial charge on any atom is 0.261 e. The van der Waals surface area contributed by atoms with Crippen LogP contribution in [0.1, 0.15) is 53.9 Å². The molecule has 2 fully saturated rings. The lowest BCUT2D eigenvalue weighted by atomic mass is 9.96. The molecule has 184 valence electrons. The highest BCUT2D eigenvalue weighted by Crippen LogP contribution is 2.40. The van der Waals surface area contributed by atoms with E-state index >= 15 is 0 Å². The van der Waals surface area contributed by atoms with Crippen LogP contribution in [-0.2, 0) is 23.4 Å². The highest BCUT2D eigenvalue weighted by molar-refractivity contribution is 6.99. The van der Waals surface area contributed by atoms with E-state index < -0.39 is 14.1 Å². The summed E-state index contributed by atoms with van der Waals surface area (Å²) in [6.07, 6.45) is 2.12. The highest BCUT2D eigenvalue weighted by Gasteiger charge is 2.53. The summed E-state index contributed by atoms with van der Waals surface area (Å²) in [5, 5.41) is 2.40. The van der Waals surface area contributed by atoms with Gasteiger partial charge in [0, 0.05) is 12.8 Å². The van der Waals surface area contributed by atoms with Crippen molar-refractivity contribution in [2.75, 3.05) is 6.61 Å². The second kappa shape index (κ2) is 10.0. The molecule has 2 saturated heterocycles. The van der Waals surface area contributed by atoms with Crippen LogP contribution in [0.5, 0.6) is 0 Å². The molecule has 0 spiro atoms. The summed E-state index contributed by atoms with van der Waals surface area (Å²) < 4.78 is 25.7. The lowest BCUT2D eigenvalue weighted by Gasteiger charge is -2.47. The Hall–Kier alpha value is -1.83. The van der Waals surface area contributed by atoms with Crippen molar-refractivity contribution in [2.24, 2.45) is 0 Å². The Morgan fingerprint density at radius 3 is 2.03 bits per heavy atom. The van der Waals surface area contributed by atoms with E-state index in [1.165, 1.54) is 10.4 Å². The maximum absolute atomic E-state index is 11.4. The van der Waals surface area contributed by atoms with Crippen molar-refractivity contribution in [3.8, 4) is 0 Å². The quantitative estimate of drug-likeness (QED) is 0.437. The van der Waals surface area contributed by atoms with Crippen LogP contribution < -0.4 is 10.4 Å². The topological polar surface area (TPSA) is 54.0 Å². The summed E-state index contributed by atoms with van der Waals surface area (Å²) in [7, 11) is -2.70. The van der Waals surface area contributed by atoms with Gasteiger partial charge in [0.2, 0.25) is 0 Å². The fourth-order valence-electron chi connectivity index (χ4n) is 5.44. The second-order valence-electron chi connectivity index (χ2n) is 10.9. The molecular weight excluding hydrogens is 444 g/mol. The van der Waals surface area contributed by atoms with Gasteiger partial charge in [-0.05, 0) is 35.7 Å². The number of rotatable bonds is 7. The minimum absolute atomic E-state index is 0.0534. The Labute approximate surface area is 204 Å². The third-order valence-corrected chi connectivity index (χ3v) is 12.0. The van der Waals surface area contributed by atoms with Gasteiger partial charge < -0.3 is 23.4 Å². The van der Waals surface area contributed by atoms with Crippen molar-refractivity contribution in [1.82, 2.24) is 0 Å². The fourth-order valence-corrected chi connectivity index (χ4v) is 10.1. The average molecular weight is 483 g/mol. The van der Waals surface area contributed by atoms with E-state index in [9.17, 15) is 4.79 Å². The van der Waals surface area contributed by atoms with Gasteiger partial charge in [0.15, 0.2) is 5.79 Å². The number of carbonyl (C=O) groups excluding carboxylic acids is 1. The summed E-state index contributed by atoms with van der Waals surface area (Å²) in [6.45, 7) is 11.2. The average Bonchev–Trinajstić information content (AvgIpc) is 3.17. The molecule has 2 aliphatic heterocycles. The molecule has 0 amide bonds. The first-order valence-corrected chi connectivity index (χ1v) is 14.3. The largest absolute Gasteiger partial charge is 0.404 e. The van der Waals surface area contributed by atoms with E-state index in [1.54, 1.807) is 0 Å². The van der Waals surface area contributed by atoms with Crippen molar-refractivity contribution in [3.05, 3.63) is 60.7 Å². The molecule has 0 aliphatic carbocycles. The number of aldehydes is 1. The molecule has 2 aromatic rings. The molecule has 0 radical (unpaired) electrons. The first-order valence-electron chi connectivity index (χ1n) is 12.3. The van der Waals surface area contributed by atoms with E-state index in [-0.39, 0.29) is 29.5 Å². The van der Waals surface area contributed by atoms with Crippen LogP contribution in [0.2, 0.25) is 5.04 Å². The summed E-state index contributed by atoms with van der Waals surface area (Å²) in [5.74, 6) is -0.625. The van der Waals surface area contributed by atoms with E-state index in [4.69, 9.17) is 18.6 Å². The Bertz CT molecular complexity index is 901. The van der Waals surface area contributed by atoms with Gasteiger partial charge in [-0.1, -0.05) is 81.4 Å². The molecule has 0 bridgehead atoms. The number of ether oxygens (including phenoxy) is 3. The second-order valence-corrected chi connectivity index (χ2v) is 15.2. The molecule has 4 rings (SSSR count). The first-order chi connectivity index (χ1) is 16.1. The van der Waals surface area contributed by atoms with E-state index in [2.05, 4.69) is 81.4 Å². The van der Waals surface area contributed by atoms with E-state index in [1.807, 2.05) is 13.8 Å². The zero-order valence-corrected chi connectivity index (χ0v) is 22.0. The first kappa shape index (κ1) is 25.3. The number of hydrogen-bond acceptors (Lipinski definition) is 5. The van der Waals surface area contributed by atoms with Gasteiger partial charge in [-0.25, -0.2) is 0 Å². The normalized spacial score (nSPS) is 27.4. The third kappa shape index (κ3) is 5.21. The molecule has 4 atom stereocenters. The molecule has 34 heavy (non-hydrogen) atoms. The van der Waals surface area contributed by atoms with Crippen molar-refractivity contribution < 1.29 is 23.4 Å². The van der Waals surface area contributed by atoms with Crippen LogP contribution in [0.25, 0.3) is 0 Å². The van der Waals surface area contributed by atoms with Crippen molar-refractivity contribution >= 4 is 25.0 Å². The Kier molecular flexibility index (Phi) is 7.46. The molecular formula is C28H38O5Si. The highest BCUT2D eigenvalue weighted by atomic mass is 28.4. The molecule has 0 unspecified atom stereocenters. The molecule has 2 aliphatic rings. The summed E-state index contributed by atoms with van der Waals surface area (Å²) in [4.78, 5) is 11.4. The van der Waals surface area contributed by atoms with Crippen LogP contribution >= 0.6 is 0 Å². The van der Waals surface area contributed by atoms with Crippen molar-refractivity contribution in [1.29, 1.82) is 0 Å². The standard InChI is InChI=1S/C28H38O5Si/c1-27(2,3)34(23-12-8-6-9-13-23,24-14-10-7-11-15-24)33-22-18-21(16-17-29)31-25(19-22)26-20-30-28(4,5)32-26/h6-15,17,21-22,25-26H,16,18-20H2,1-5H3/t21-,22+,25-,26+/m1/s1. The zero-order valence-electron chi connectivity index (χ0n) is 21.0. The van der Waals surface area contributed by atoms with Gasteiger partial charge >= 0.3 is 0 Å².